The van der Waals surface area contributed by atoms with Gasteiger partial charge in [0.05, 0.1) is 12.7 Å². The standard InChI is InChI=1S/C17H20N6O/c1-12-2-3-14(24-12)11-23-8-4-13(5-9-23)16-20-17(22-21-16)15-10-18-6-7-19-15/h2-3,6-7,10,13H,4-5,8-9,11H2,1H3,(H,20,21,22). The lowest BCUT2D eigenvalue weighted by Gasteiger charge is -2.30. The first-order chi connectivity index (χ1) is 11.8. The molecule has 0 aliphatic carbocycles. The summed E-state index contributed by atoms with van der Waals surface area (Å²) >= 11 is 0. The molecule has 0 saturated carbocycles. The Balaban J connectivity index is 1.37. The number of likely N-dealkylation sites (tertiary alicyclic amines) is 1. The number of hydrogen-bond donors (Lipinski definition) is 1. The monoisotopic (exact) mass is 324 g/mol. The second-order valence-corrected chi connectivity index (χ2v) is 6.20. The van der Waals surface area contributed by atoms with Gasteiger partial charge in [0.1, 0.15) is 23.0 Å². The van der Waals surface area contributed by atoms with E-state index in [2.05, 4.69) is 36.1 Å². The molecule has 1 saturated heterocycles. The van der Waals surface area contributed by atoms with Crippen LogP contribution in [0, 0.1) is 6.92 Å². The summed E-state index contributed by atoms with van der Waals surface area (Å²) in [5.41, 5.74) is 0.700. The van der Waals surface area contributed by atoms with Crippen LogP contribution >= 0.6 is 0 Å². The number of nitrogens with one attached hydrogen (secondary N) is 1. The summed E-state index contributed by atoms with van der Waals surface area (Å²) in [7, 11) is 0. The van der Waals surface area contributed by atoms with E-state index in [1.807, 2.05) is 13.0 Å². The van der Waals surface area contributed by atoms with Gasteiger partial charge >= 0.3 is 0 Å². The first kappa shape index (κ1) is 15.0. The van der Waals surface area contributed by atoms with Crippen molar-refractivity contribution in [2.24, 2.45) is 0 Å². The van der Waals surface area contributed by atoms with Gasteiger partial charge < -0.3 is 4.42 Å². The summed E-state index contributed by atoms with van der Waals surface area (Å²) in [5, 5.41) is 7.36. The zero-order chi connectivity index (χ0) is 16.4. The SMILES string of the molecule is Cc1ccc(CN2CCC(c3nc(-c4cnccn4)n[nH]3)CC2)o1. The maximum absolute atomic E-state index is 5.67. The number of hydrogen-bond acceptors (Lipinski definition) is 6. The maximum Gasteiger partial charge on any atom is 0.201 e. The van der Waals surface area contributed by atoms with Crippen molar-refractivity contribution in [1.82, 2.24) is 30.0 Å². The fourth-order valence-electron chi connectivity index (χ4n) is 3.14. The summed E-state index contributed by atoms with van der Waals surface area (Å²) in [6, 6.07) is 4.08. The Bertz CT molecular complexity index is 788. The Kier molecular flexibility index (Phi) is 4.08. The highest BCUT2D eigenvalue weighted by atomic mass is 16.3. The van der Waals surface area contributed by atoms with Crippen LogP contribution < -0.4 is 0 Å². The molecule has 4 rings (SSSR count). The highest BCUT2D eigenvalue weighted by Gasteiger charge is 2.24. The molecule has 0 bridgehead atoms. The Morgan fingerprint density at radius 1 is 1.25 bits per heavy atom. The summed E-state index contributed by atoms with van der Waals surface area (Å²) in [6.07, 6.45) is 7.11. The zero-order valence-corrected chi connectivity index (χ0v) is 13.6. The van der Waals surface area contributed by atoms with Crippen molar-refractivity contribution in [3.05, 3.63) is 48.1 Å². The molecule has 0 spiro atoms. The van der Waals surface area contributed by atoms with Crippen molar-refractivity contribution in [2.45, 2.75) is 32.2 Å². The van der Waals surface area contributed by atoms with E-state index >= 15 is 0 Å². The molecular weight excluding hydrogens is 304 g/mol. The fourth-order valence-corrected chi connectivity index (χ4v) is 3.14. The van der Waals surface area contributed by atoms with E-state index < -0.39 is 0 Å². The number of piperidine rings is 1. The van der Waals surface area contributed by atoms with Gasteiger partial charge in [0.15, 0.2) is 0 Å². The summed E-state index contributed by atoms with van der Waals surface area (Å²) in [6.45, 7) is 4.92. The molecule has 0 amide bonds. The third kappa shape index (κ3) is 3.21. The quantitative estimate of drug-likeness (QED) is 0.794. The van der Waals surface area contributed by atoms with Crippen LogP contribution in [0.4, 0.5) is 0 Å². The summed E-state index contributed by atoms with van der Waals surface area (Å²) < 4.78 is 5.67. The average molecular weight is 324 g/mol. The lowest BCUT2D eigenvalue weighted by atomic mass is 9.96. The topological polar surface area (TPSA) is 83.7 Å². The van der Waals surface area contributed by atoms with Gasteiger partial charge in [-0.1, -0.05) is 0 Å². The third-order valence-corrected chi connectivity index (χ3v) is 4.44. The average Bonchev–Trinajstić information content (AvgIpc) is 3.26. The minimum atomic E-state index is 0.414. The van der Waals surface area contributed by atoms with Crippen LogP contribution in [0.25, 0.3) is 11.5 Å². The van der Waals surface area contributed by atoms with E-state index in [4.69, 9.17) is 4.42 Å². The van der Waals surface area contributed by atoms with E-state index in [0.29, 0.717) is 17.4 Å². The molecule has 1 fully saturated rings. The molecular formula is C17H20N6O. The highest BCUT2D eigenvalue weighted by Crippen LogP contribution is 2.27. The molecule has 3 aromatic rings. The Labute approximate surface area is 140 Å². The summed E-state index contributed by atoms with van der Waals surface area (Å²) in [4.78, 5) is 15.3. The van der Waals surface area contributed by atoms with Crippen LogP contribution in [0.2, 0.25) is 0 Å². The second kappa shape index (κ2) is 6.52. The molecule has 124 valence electrons. The molecule has 0 atom stereocenters. The van der Waals surface area contributed by atoms with Gasteiger partial charge in [-0.15, -0.1) is 0 Å². The number of furan rings is 1. The minimum absolute atomic E-state index is 0.414. The van der Waals surface area contributed by atoms with Crippen molar-refractivity contribution in [2.75, 3.05) is 13.1 Å². The minimum Gasteiger partial charge on any atom is -0.465 e. The first-order valence-electron chi connectivity index (χ1n) is 8.24. The Morgan fingerprint density at radius 2 is 2.12 bits per heavy atom. The van der Waals surface area contributed by atoms with Crippen molar-refractivity contribution in [1.29, 1.82) is 0 Å². The van der Waals surface area contributed by atoms with E-state index in [-0.39, 0.29) is 0 Å². The molecule has 1 aliphatic heterocycles. The molecule has 0 aromatic carbocycles. The van der Waals surface area contributed by atoms with Gasteiger partial charge in [-0.2, -0.15) is 5.10 Å². The number of aryl methyl sites for hydroxylation is 1. The van der Waals surface area contributed by atoms with Gasteiger partial charge in [-0.3, -0.25) is 15.0 Å². The maximum atomic E-state index is 5.67. The van der Waals surface area contributed by atoms with Gasteiger partial charge in [0.2, 0.25) is 5.82 Å². The van der Waals surface area contributed by atoms with Crippen molar-refractivity contribution >= 4 is 0 Å². The Morgan fingerprint density at radius 3 is 2.83 bits per heavy atom. The molecule has 3 aromatic heterocycles. The molecule has 7 heteroatoms. The number of aromatic nitrogens is 5. The van der Waals surface area contributed by atoms with E-state index in [1.54, 1.807) is 18.6 Å². The summed E-state index contributed by atoms with van der Waals surface area (Å²) in [5.74, 6) is 3.99. The van der Waals surface area contributed by atoms with E-state index in [9.17, 15) is 0 Å². The van der Waals surface area contributed by atoms with Crippen molar-refractivity contribution in [3.8, 4) is 11.5 Å². The van der Waals surface area contributed by atoms with Crippen LogP contribution in [0.5, 0.6) is 0 Å². The van der Waals surface area contributed by atoms with Crippen molar-refractivity contribution in [3.63, 3.8) is 0 Å². The zero-order valence-electron chi connectivity index (χ0n) is 13.6. The highest BCUT2D eigenvalue weighted by molar-refractivity contribution is 5.46. The van der Waals surface area contributed by atoms with E-state index in [0.717, 1.165) is 49.8 Å². The number of aromatic amines is 1. The molecule has 7 nitrogen and oxygen atoms in total. The van der Waals surface area contributed by atoms with Crippen molar-refractivity contribution < 1.29 is 4.42 Å². The first-order valence-corrected chi connectivity index (χ1v) is 8.24. The molecule has 1 N–H and O–H groups in total. The largest absolute Gasteiger partial charge is 0.465 e. The predicted octanol–water partition coefficient (Wildman–Crippen LogP) is 2.54. The molecule has 4 heterocycles. The van der Waals surface area contributed by atoms with Crippen LogP contribution in [0.15, 0.2) is 35.1 Å². The molecule has 1 aliphatic rings. The van der Waals surface area contributed by atoms with Crippen LogP contribution in [0.1, 0.15) is 36.1 Å². The number of H-pyrrole nitrogens is 1. The van der Waals surface area contributed by atoms with Crippen LogP contribution in [0.3, 0.4) is 0 Å². The predicted molar refractivity (Wildman–Crippen MR) is 88.1 cm³/mol. The Hall–Kier alpha value is -2.54. The lowest BCUT2D eigenvalue weighted by Crippen LogP contribution is -2.32. The molecule has 24 heavy (non-hydrogen) atoms. The smallest absolute Gasteiger partial charge is 0.201 e. The van der Waals surface area contributed by atoms with E-state index in [1.165, 1.54) is 0 Å². The fraction of sp³-hybridized carbons (Fsp3) is 0.412. The van der Waals surface area contributed by atoms with Crippen LogP contribution in [-0.2, 0) is 6.54 Å². The number of nitrogens with zero attached hydrogens (tertiary/aromatic N) is 5. The van der Waals surface area contributed by atoms with Crippen LogP contribution in [-0.4, -0.2) is 43.1 Å². The van der Waals surface area contributed by atoms with Gasteiger partial charge in [-0.25, -0.2) is 9.97 Å². The van der Waals surface area contributed by atoms with Gasteiger partial charge in [0.25, 0.3) is 0 Å². The molecule has 0 unspecified atom stereocenters. The van der Waals surface area contributed by atoms with Gasteiger partial charge in [0, 0.05) is 18.3 Å². The normalized spacial score (nSPS) is 16.5. The second-order valence-electron chi connectivity index (χ2n) is 6.20. The molecule has 0 radical (unpaired) electrons. The van der Waals surface area contributed by atoms with Gasteiger partial charge in [-0.05, 0) is 45.0 Å². The third-order valence-electron chi connectivity index (χ3n) is 4.44. The lowest BCUT2D eigenvalue weighted by molar-refractivity contribution is 0.187. The number of rotatable bonds is 4.